The molecule has 0 bridgehead atoms. The molecule has 1 fully saturated rings. The highest BCUT2D eigenvalue weighted by Gasteiger charge is 2.32. The van der Waals surface area contributed by atoms with Crippen LogP contribution in [0, 0.1) is 12.8 Å². The van der Waals surface area contributed by atoms with Gasteiger partial charge in [0.2, 0.25) is 0 Å². The van der Waals surface area contributed by atoms with Gasteiger partial charge < -0.3 is 9.64 Å². The molecule has 1 amide bonds. The average Bonchev–Trinajstić information content (AvgIpc) is 3.08. The highest BCUT2D eigenvalue weighted by atomic mass is 35.5. The largest absolute Gasteiger partial charge is 0.357 e. The fourth-order valence-corrected chi connectivity index (χ4v) is 2.96. The van der Waals surface area contributed by atoms with E-state index in [9.17, 15) is 4.79 Å². The number of rotatable bonds is 3. The summed E-state index contributed by atoms with van der Waals surface area (Å²) in [6.07, 6.45) is 2.77. The van der Waals surface area contributed by atoms with E-state index in [-0.39, 0.29) is 17.7 Å². The quantitative estimate of drug-likeness (QED) is 0.808. The van der Waals surface area contributed by atoms with E-state index in [1.54, 1.807) is 17.3 Å². The summed E-state index contributed by atoms with van der Waals surface area (Å²) >= 11 is 5.98. The van der Waals surface area contributed by atoms with E-state index >= 15 is 0 Å². The molecule has 122 valence electrons. The smallest absolute Gasteiger partial charge is 0.258 e. The summed E-state index contributed by atoms with van der Waals surface area (Å²) in [5.41, 5.74) is 2.20. The number of carbonyl (C=O) groups excluding carboxylic acids is 1. The van der Waals surface area contributed by atoms with Crippen LogP contribution in [-0.4, -0.2) is 51.1 Å². The van der Waals surface area contributed by atoms with Crippen molar-refractivity contribution in [3.05, 3.63) is 41.7 Å². The van der Waals surface area contributed by atoms with Gasteiger partial charge in [-0.05, 0) is 25.0 Å². The number of benzene rings is 1. The number of aryl methyl sites for hydroxylation is 1. The molecule has 0 spiro atoms. The maximum atomic E-state index is 13.1. The molecule has 2 aromatic rings. The average molecular weight is 335 g/mol. The van der Waals surface area contributed by atoms with Gasteiger partial charge in [-0.25, -0.2) is 0 Å². The van der Waals surface area contributed by atoms with Gasteiger partial charge in [-0.2, -0.15) is 15.0 Å². The second-order valence-corrected chi connectivity index (χ2v) is 6.15. The van der Waals surface area contributed by atoms with E-state index in [1.165, 1.54) is 4.80 Å². The Hall–Kier alpha value is -1.92. The van der Waals surface area contributed by atoms with Crippen LogP contribution in [0.25, 0.3) is 5.69 Å². The van der Waals surface area contributed by atoms with E-state index in [4.69, 9.17) is 16.3 Å². The normalized spacial score (nSPS) is 21.4. The molecule has 1 saturated heterocycles. The SMILES string of the molecule is Cc1ccc(-n2nccn2)c(C(=O)N2CC(C)COC2CCl)c1. The Morgan fingerprint density at radius 3 is 2.83 bits per heavy atom. The first-order chi connectivity index (χ1) is 11.1. The zero-order chi connectivity index (χ0) is 16.4. The van der Waals surface area contributed by atoms with Crippen LogP contribution in [0.1, 0.15) is 22.8 Å². The van der Waals surface area contributed by atoms with Crippen molar-refractivity contribution in [1.29, 1.82) is 0 Å². The zero-order valence-corrected chi connectivity index (χ0v) is 13.9. The van der Waals surface area contributed by atoms with Gasteiger partial charge in [0.15, 0.2) is 0 Å². The minimum absolute atomic E-state index is 0.113. The van der Waals surface area contributed by atoms with Crippen LogP contribution in [0.3, 0.4) is 0 Å². The number of hydrogen-bond acceptors (Lipinski definition) is 4. The minimum atomic E-state index is -0.403. The van der Waals surface area contributed by atoms with E-state index < -0.39 is 6.23 Å². The van der Waals surface area contributed by atoms with E-state index in [2.05, 4.69) is 17.1 Å². The van der Waals surface area contributed by atoms with Gasteiger partial charge >= 0.3 is 0 Å². The molecule has 3 rings (SSSR count). The van der Waals surface area contributed by atoms with Crippen molar-refractivity contribution in [2.24, 2.45) is 5.92 Å². The molecule has 0 aliphatic carbocycles. The maximum absolute atomic E-state index is 13.1. The van der Waals surface area contributed by atoms with Gasteiger partial charge in [-0.15, -0.1) is 11.6 Å². The zero-order valence-electron chi connectivity index (χ0n) is 13.1. The molecule has 6 nitrogen and oxygen atoms in total. The number of hydrogen-bond donors (Lipinski definition) is 0. The molecular weight excluding hydrogens is 316 g/mol. The van der Waals surface area contributed by atoms with Gasteiger partial charge in [0, 0.05) is 6.54 Å². The summed E-state index contributed by atoms with van der Waals surface area (Å²) in [6.45, 7) is 5.24. The lowest BCUT2D eigenvalue weighted by atomic mass is 10.1. The molecule has 1 aliphatic heterocycles. The summed E-state index contributed by atoms with van der Waals surface area (Å²) in [7, 11) is 0. The van der Waals surface area contributed by atoms with Crippen LogP contribution in [0.4, 0.5) is 0 Å². The van der Waals surface area contributed by atoms with Crippen molar-refractivity contribution < 1.29 is 9.53 Å². The predicted octanol–water partition coefficient (Wildman–Crippen LogP) is 2.25. The first-order valence-corrected chi connectivity index (χ1v) is 8.09. The van der Waals surface area contributed by atoms with Gasteiger partial charge in [0.1, 0.15) is 6.23 Å². The molecule has 0 N–H and O–H groups in total. The topological polar surface area (TPSA) is 60.2 Å². The Morgan fingerprint density at radius 2 is 2.13 bits per heavy atom. The van der Waals surface area contributed by atoms with Crippen molar-refractivity contribution in [2.75, 3.05) is 19.0 Å². The number of ether oxygens (including phenoxy) is 1. The number of nitrogens with zero attached hydrogens (tertiary/aromatic N) is 4. The Bertz CT molecular complexity index is 689. The molecule has 2 unspecified atom stereocenters. The van der Waals surface area contributed by atoms with Crippen LogP contribution in [0.5, 0.6) is 0 Å². The number of amides is 1. The number of carbonyl (C=O) groups is 1. The van der Waals surface area contributed by atoms with Crippen molar-refractivity contribution in [3.63, 3.8) is 0 Å². The van der Waals surface area contributed by atoms with E-state index in [1.807, 2.05) is 25.1 Å². The van der Waals surface area contributed by atoms with E-state index in [0.717, 1.165) is 5.56 Å². The summed E-state index contributed by atoms with van der Waals surface area (Å²) in [4.78, 5) is 16.3. The van der Waals surface area contributed by atoms with E-state index in [0.29, 0.717) is 24.4 Å². The van der Waals surface area contributed by atoms with Gasteiger partial charge in [-0.1, -0.05) is 18.6 Å². The lowest BCUT2D eigenvalue weighted by molar-refractivity contribution is -0.0855. The summed E-state index contributed by atoms with van der Waals surface area (Å²) in [5, 5.41) is 8.27. The molecule has 0 radical (unpaired) electrons. The fourth-order valence-electron chi connectivity index (χ4n) is 2.70. The van der Waals surface area contributed by atoms with Crippen LogP contribution in [-0.2, 0) is 4.74 Å². The molecular formula is C16H19ClN4O2. The third-order valence-electron chi connectivity index (χ3n) is 3.84. The minimum Gasteiger partial charge on any atom is -0.357 e. The molecule has 1 aromatic heterocycles. The molecule has 2 heterocycles. The standard InChI is InChI=1S/C16H19ClN4O2/c1-11-3-4-14(21-18-5-6-19-21)13(7-11)16(22)20-9-12(2)10-23-15(20)8-17/h3-7,12,15H,8-10H2,1-2H3. The maximum Gasteiger partial charge on any atom is 0.258 e. The fraction of sp³-hybridized carbons (Fsp3) is 0.438. The molecule has 7 heteroatoms. The van der Waals surface area contributed by atoms with Crippen molar-refractivity contribution >= 4 is 17.5 Å². The van der Waals surface area contributed by atoms with Crippen LogP contribution >= 0.6 is 11.6 Å². The molecule has 0 saturated carbocycles. The number of alkyl halides is 1. The highest BCUT2D eigenvalue weighted by molar-refractivity contribution is 6.18. The van der Waals surface area contributed by atoms with Gasteiger partial charge in [-0.3, -0.25) is 4.79 Å². The summed E-state index contributed by atoms with van der Waals surface area (Å²) in [6, 6.07) is 5.64. The third-order valence-corrected chi connectivity index (χ3v) is 4.10. The molecule has 2 atom stereocenters. The Morgan fingerprint density at radius 1 is 1.39 bits per heavy atom. The predicted molar refractivity (Wildman–Crippen MR) is 86.8 cm³/mol. The second-order valence-electron chi connectivity index (χ2n) is 5.84. The lowest BCUT2D eigenvalue weighted by Crippen LogP contribution is -2.50. The van der Waals surface area contributed by atoms with Crippen molar-refractivity contribution in [2.45, 2.75) is 20.1 Å². The van der Waals surface area contributed by atoms with Crippen molar-refractivity contribution in [1.82, 2.24) is 19.9 Å². The van der Waals surface area contributed by atoms with Crippen molar-refractivity contribution in [3.8, 4) is 5.69 Å². The third kappa shape index (κ3) is 3.23. The highest BCUT2D eigenvalue weighted by Crippen LogP contribution is 2.23. The molecule has 1 aromatic carbocycles. The van der Waals surface area contributed by atoms with Crippen LogP contribution in [0.15, 0.2) is 30.6 Å². The second kappa shape index (κ2) is 6.68. The van der Waals surface area contributed by atoms with Gasteiger partial charge in [0.05, 0.1) is 36.1 Å². The lowest BCUT2D eigenvalue weighted by Gasteiger charge is -2.37. The van der Waals surface area contributed by atoms with Gasteiger partial charge in [0.25, 0.3) is 5.91 Å². The van der Waals surface area contributed by atoms with Crippen LogP contribution < -0.4 is 0 Å². The Balaban J connectivity index is 1.99. The Kier molecular flexibility index (Phi) is 4.63. The summed E-state index contributed by atoms with van der Waals surface area (Å²) < 4.78 is 5.69. The Labute approximate surface area is 140 Å². The summed E-state index contributed by atoms with van der Waals surface area (Å²) in [5.74, 6) is 0.410. The first kappa shape index (κ1) is 16.0. The monoisotopic (exact) mass is 334 g/mol. The molecule has 23 heavy (non-hydrogen) atoms. The van der Waals surface area contributed by atoms with Crippen LogP contribution in [0.2, 0.25) is 0 Å². The number of halogens is 1. The number of aromatic nitrogens is 3. The molecule has 1 aliphatic rings. The first-order valence-electron chi connectivity index (χ1n) is 7.56.